The molecule has 112 valence electrons. The molecule has 0 aliphatic carbocycles. The number of carbonyl (C=O) groups excluding carboxylic acids is 1. The fourth-order valence-electron chi connectivity index (χ4n) is 1.72. The van der Waals surface area contributed by atoms with Gasteiger partial charge in [-0.2, -0.15) is 5.10 Å². The van der Waals surface area contributed by atoms with Crippen LogP contribution in [0.4, 0.5) is 5.82 Å². The predicted octanol–water partition coefficient (Wildman–Crippen LogP) is 1.27. The lowest BCUT2D eigenvalue weighted by atomic mass is 10.2. The Hall–Kier alpha value is -2.19. The maximum Gasteiger partial charge on any atom is 0.256 e. The number of aromatic nitrogens is 2. The number of carbonyl (C=O) groups is 1. The number of anilines is 1. The molecule has 7 nitrogen and oxygen atoms in total. The van der Waals surface area contributed by atoms with E-state index in [-0.39, 0.29) is 10.8 Å². The summed E-state index contributed by atoms with van der Waals surface area (Å²) in [7, 11) is -3.51. The van der Waals surface area contributed by atoms with E-state index in [0.29, 0.717) is 17.9 Å². The molecule has 8 heteroatoms. The molecule has 0 aliphatic heterocycles. The van der Waals surface area contributed by atoms with Gasteiger partial charge in [0.25, 0.3) is 5.91 Å². The summed E-state index contributed by atoms with van der Waals surface area (Å²) in [6, 6.07) is 5.72. The second kappa shape index (κ2) is 6.06. The minimum Gasteiger partial charge on any atom is -0.307 e. The maximum absolute atomic E-state index is 12.0. The van der Waals surface area contributed by atoms with Crippen LogP contribution in [-0.2, 0) is 10.0 Å². The molecular formula is C13H16N4O3S. The Balaban J connectivity index is 2.16. The largest absolute Gasteiger partial charge is 0.307 e. The summed E-state index contributed by atoms with van der Waals surface area (Å²) in [4.78, 5) is 12.2. The Morgan fingerprint density at radius 3 is 2.48 bits per heavy atom. The molecule has 1 aromatic carbocycles. The van der Waals surface area contributed by atoms with Crippen molar-refractivity contribution < 1.29 is 13.2 Å². The summed E-state index contributed by atoms with van der Waals surface area (Å²) < 4.78 is 26.0. The summed E-state index contributed by atoms with van der Waals surface area (Å²) in [5.41, 5.74) is 1.18. The second-order valence-electron chi connectivity index (χ2n) is 4.41. The molecule has 0 aliphatic rings. The van der Waals surface area contributed by atoms with Gasteiger partial charge in [0.1, 0.15) is 5.82 Å². The molecule has 21 heavy (non-hydrogen) atoms. The quantitative estimate of drug-likeness (QED) is 0.773. The van der Waals surface area contributed by atoms with Crippen LogP contribution in [-0.4, -0.2) is 31.1 Å². The molecule has 0 unspecified atom stereocenters. The predicted molar refractivity (Wildman–Crippen MR) is 78.6 cm³/mol. The number of H-pyrrole nitrogens is 1. The summed E-state index contributed by atoms with van der Waals surface area (Å²) in [6.07, 6.45) is 1.60. The Kier molecular flexibility index (Phi) is 4.39. The zero-order chi connectivity index (χ0) is 15.5. The van der Waals surface area contributed by atoms with Crippen LogP contribution in [0.5, 0.6) is 0 Å². The van der Waals surface area contributed by atoms with Crippen molar-refractivity contribution in [1.29, 1.82) is 0 Å². The van der Waals surface area contributed by atoms with Crippen LogP contribution in [0.1, 0.15) is 22.8 Å². The van der Waals surface area contributed by atoms with Crippen molar-refractivity contribution in [1.82, 2.24) is 14.9 Å². The molecule has 0 fully saturated rings. The molecule has 1 aromatic heterocycles. The molecule has 0 saturated carbocycles. The zero-order valence-electron chi connectivity index (χ0n) is 11.7. The first-order chi connectivity index (χ1) is 9.94. The van der Waals surface area contributed by atoms with E-state index in [2.05, 4.69) is 20.2 Å². The number of rotatable bonds is 5. The van der Waals surface area contributed by atoms with E-state index in [4.69, 9.17) is 0 Å². The van der Waals surface area contributed by atoms with Crippen molar-refractivity contribution in [3.8, 4) is 0 Å². The van der Waals surface area contributed by atoms with Gasteiger partial charge in [-0.1, -0.05) is 6.92 Å². The Labute approximate surface area is 122 Å². The molecule has 0 saturated heterocycles. The Morgan fingerprint density at radius 1 is 1.29 bits per heavy atom. The topological polar surface area (TPSA) is 104 Å². The van der Waals surface area contributed by atoms with E-state index in [0.717, 1.165) is 5.56 Å². The number of nitrogens with zero attached hydrogens (tertiary/aromatic N) is 1. The molecular weight excluding hydrogens is 292 g/mol. The molecule has 0 spiro atoms. The highest BCUT2D eigenvalue weighted by Gasteiger charge is 2.14. The monoisotopic (exact) mass is 308 g/mol. The van der Waals surface area contributed by atoms with Crippen LogP contribution in [0.25, 0.3) is 0 Å². The number of nitrogens with one attached hydrogen (secondary N) is 3. The van der Waals surface area contributed by atoms with Gasteiger partial charge in [0.2, 0.25) is 10.0 Å². The normalized spacial score (nSPS) is 11.3. The van der Waals surface area contributed by atoms with Crippen LogP contribution < -0.4 is 10.0 Å². The molecule has 2 aromatic rings. The van der Waals surface area contributed by atoms with Crippen LogP contribution in [0.2, 0.25) is 0 Å². The Bertz CT molecular complexity index is 735. The van der Waals surface area contributed by atoms with E-state index >= 15 is 0 Å². The SMILES string of the molecule is CCNS(=O)(=O)c1ccc(C(=O)Nc2[nH]ncc2C)cc1. The number of aromatic amines is 1. The van der Waals surface area contributed by atoms with Gasteiger partial charge in [-0.3, -0.25) is 9.89 Å². The highest BCUT2D eigenvalue weighted by atomic mass is 32.2. The Morgan fingerprint density at radius 2 is 1.95 bits per heavy atom. The highest BCUT2D eigenvalue weighted by molar-refractivity contribution is 7.89. The number of hydrogen-bond donors (Lipinski definition) is 3. The van der Waals surface area contributed by atoms with Gasteiger partial charge in [-0.05, 0) is 31.2 Å². The second-order valence-corrected chi connectivity index (χ2v) is 6.17. The summed E-state index contributed by atoms with van der Waals surface area (Å²) in [6.45, 7) is 3.82. The lowest BCUT2D eigenvalue weighted by Gasteiger charge is -2.06. The smallest absolute Gasteiger partial charge is 0.256 e. The summed E-state index contributed by atoms with van der Waals surface area (Å²) in [5, 5.41) is 9.15. The maximum atomic E-state index is 12.0. The van der Waals surface area contributed by atoms with E-state index in [1.165, 1.54) is 24.3 Å². The van der Waals surface area contributed by atoms with Crippen molar-refractivity contribution in [2.75, 3.05) is 11.9 Å². The van der Waals surface area contributed by atoms with Crippen LogP contribution in [0.3, 0.4) is 0 Å². The van der Waals surface area contributed by atoms with Crippen LogP contribution >= 0.6 is 0 Å². The number of aryl methyl sites for hydroxylation is 1. The molecule has 0 radical (unpaired) electrons. The fraction of sp³-hybridized carbons (Fsp3) is 0.231. The van der Waals surface area contributed by atoms with Crippen molar-refractivity contribution >= 4 is 21.7 Å². The first-order valence-electron chi connectivity index (χ1n) is 6.35. The first-order valence-corrected chi connectivity index (χ1v) is 7.83. The standard InChI is InChI=1S/C13H16N4O3S/c1-3-15-21(19,20)11-6-4-10(5-7-11)13(18)16-12-9(2)8-14-17-12/h4-8,15H,3H2,1-2H3,(H2,14,16,17,18). The van der Waals surface area contributed by atoms with Crippen LogP contribution in [0, 0.1) is 6.92 Å². The van der Waals surface area contributed by atoms with Crippen molar-refractivity contribution in [2.45, 2.75) is 18.7 Å². The summed E-state index contributed by atoms with van der Waals surface area (Å²) in [5.74, 6) is 0.180. The molecule has 1 amide bonds. The van der Waals surface area contributed by atoms with Gasteiger partial charge in [0.05, 0.1) is 11.1 Å². The van der Waals surface area contributed by atoms with E-state index < -0.39 is 10.0 Å². The number of sulfonamides is 1. The molecule has 0 atom stereocenters. The number of benzene rings is 1. The number of hydrogen-bond acceptors (Lipinski definition) is 4. The minimum atomic E-state index is -3.51. The van der Waals surface area contributed by atoms with Crippen molar-refractivity contribution in [3.05, 3.63) is 41.6 Å². The third kappa shape index (κ3) is 3.47. The van der Waals surface area contributed by atoms with Crippen molar-refractivity contribution in [2.24, 2.45) is 0 Å². The zero-order valence-corrected chi connectivity index (χ0v) is 12.5. The first kappa shape index (κ1) is 15.2. The van der Waals surface area contributed by atoms with Gasteiger partial charge in [0, 0.05) is 17.7 Å². The minimum absolute atomic E-state index is 0.124. The van der Waals surface area contributed by atoms with E-state index in [1.54, 1.807) is 13.1 Å². The molecule has 1 heterocycles. The van der Waals surface area contributed by atoms with Gasteiger partial charge in [0.15, 0.2) is 0 Å². The van der Waals surface area contributed by atoms with Gasteiger partial charge in [-0.15, -0.1) is 0 Å². The molecule has 0 bridgehead atoms. The average Bonchev–Trinajstić information content (AvgIpc) is 2.84. The summed E-state index contributed by atoms with van der Waals surface area (Å²) >= 11 is 0. The number of amides is 1. The third-order valence-corrected chi connectivity index (χ3v) is 4.39. The lowest BCUT2D eigenvalue weighted by Crippen LogP contribution is -2.23. The highest BCUT2D eigenvalue weighted by Crippen LogP contribution is 2.13. The van der Waals surface area contributed by atoms with Gasteiger partial charge < -0.3 is 5.32 Å². The average molecular weight is 308 g/mol. The fourth-order valence-corrected chi connectivity index (χ4v) is 2.76. The third-order valence-electron chi connectivity index (χ3n) is 2.83. The molecule has 2 rings (SSSR count). The van der Waals surface area contributed by atoms with E-state index in [9.17, 15) is 13.2 Å². The van der Waals surface area contributed by atoms with Crippen LogP contribution in [0.15, 0.2) is 35.4 Å². The van der Waals surface area contributed by atoms with E-state index in [1.807, 2.05) is 6.92 Å². The van der Waals surface area contributed by atoms with Gasteiger partial charge in [-0.25, -0.2) is 13.1 Å². The molecule has 3 N–H and O–H groups in total. The van der Waals surface area contributed by atoms with Crippen molar-refractivity contribution in [3.63, 3.8) is 0 Å². The van der Waals surface area contributed by atoms with Gasteiger partial charge >= 0.3 is 0 Å². The lowest BCUT2D eigenvalue weighted by molar-refractivity contribution is 0.102.